The quantitative estimate of drug-likeness (QED) is 0.474. The molecule has 0 atom stereocenters. The van der Waals surface area contributed by atoms with Gasteiger partial charge in [0.15, 0.2) is 0 Å². The lowest BCUT2D eigenvalue weighted by Gasteiger charge is -2.19. The van der Waals surface area contributed by atoms with Crippen molar-refractivity contribution in [2.75, 3.05) is 19.6 Å². The van der Waals surface area contributed by atoms with Crippen molar-refractivity contribution in [3.63, 3.8) is 0 Å². The molecule has 0 aromatic heterocycles. The molecule has 0 heterocycles. The van der Waals surface area contributed by atoms with Crippen LogP contribution in [-0.4, -0.2) is 29.5 Å². The van der Waals surface area contributed by atoms with Gasteiger partial charge in [-0.1, -0.05) is 51.7 Å². The van der Waals surface area contributed by atoms with E-state index in [4.69, 9.17) is 18.0 Å². The second kappa shape index (κ2) is 9.41. The van der Waals surface area contributed by atoms with Crippen LogP contribution in [0, 0.1) is 0 Å². The molecule has 3 heteroatoms. The van der Waals surface area contributed by atoms with Crippen LogP contribution in [-0.2, 0) is 0 Å². The van der Waals surface area contributed by atoms with Gasteiger partial charge in [-0.3, -0.25) is 4.90 Å². The summed E-state index contributed by atoms with van der Waals surface area (Å²) in [5.41, 5.74) is 5.51. The van der Waals surface area contributed by atoms with E-state index >= 15 is 0 Å². The molecule has 0 aromatic rings. The van der Waals surface area contributed by atoms with Gasteiger partial charge >= 0.3 is 0 Å². The van der Waals surface area contributed by atoms with Crippen molar-refractivity contribution in [1.29, 1.82) is 0 Å². The van der Waals surface area contributed by atoms with Gasteiger partial charge in [0, 0.05) is 6.54 Å². The van der Waals surface area contributed by atoms with Crippen molar-refractivity contribution >= 4 is 17.2 Å². The summed E-state index contributed by atoms with van der Waals surface area (Å²) < 4.78 is 0. The third-order valence-electron chi connectivity index (χ3n) is 2.40. The maximum atomic E-state index is 5.51. The summed E-state index contributed by atoms with van der Waals surface area (Å²) in [6.07, 6.45) is 6.64. The highest BCUT2D eigenvalue weighted by atomic mass is 32.1. The number of likely N-dealkylation sites (N-methyl/N-ethyl adjacent to an activating group) is 1. The fourth-order valence-electron chi connectivity index (χ4n) is 1.51. The van der Waals surface area contributed by atoms with Crippen LogP contribution >= 0.6 is 12.2 Å². The molecule has 0 aliphatic heterocycles. The Morgan fingerprint density at radius 3 is 2.29 bits per heavy atom. The van der Waals surface area contributed by atoms with Crippen molar-refractivity contribution < 1.29 is 0 Å². The first kappa shape index (κ1) is 13.8. The average Bonchev–Trinajstić information content (AvgIpc) is 2.15. The van der Waals surface area contributed by atoms with Gasteiger partial charge in [-0.15, -0.1) is 0 Å². The second-order valence-corrected chi connectivity index (χ2v) is 4.27. The lowest BCUT2D eigenvalue weighted by Crippen LogP contribution is -2.33. The van der Waals surface area contributed by atoms with E-state index in [1.54, 1.807) is 0 Å². The molecule has 2 N–H and O–H groups in total. The molecule has 0 amide bonds. The normalized spacial score (nSPS) is 10.8. The molecule has 0 aliphatic carbocycles. The lowest BCUT2D eigenvalue weighted by molar-refractivity contribution is 0.318. The predicted molar refractivity (Wildman–Crippen MR) is 67.7 cm³/mol. The number of thiocarbonyl (C=S) groups is 1. The molecule has 0 spiro atoms. The van der Waals surface area contributed by atoms with E-state index in [9.17, 15) is 0 Å². The first-order valence-corrected chi connectivity index (χ1v) is 6.12. The van der Waals surface area contributed by atoms with Gasteiger partial charge in [0.2, 0.25) is 0 Å². The molecule has 0 saturated carbocycles. The number of unbranched alkanes of at least 4 members (excludes halogenated alkanes) is 4. The van der Waals surface area contributed by atoms with Gasteiger partial charge in [-0.25, -0.2) is 0 Å². The molecule has 2 nitrogen and oxygen atoms in total. The van der Waals surface area contributed by atoms with E-state index in [0.717, 1.165) is 19.6 Å². The predicted octanol–water partition coefficient (Wildman–Crippen LogP) is 2.56. The third kappa shape index (κ3) is 8.45. The minimum Gasteiger partial charge on any atom is -0.392 e. The minimum atomic E-state index is 0.611. The largest absolute Gasteiger partial charge is 0.392 e. The highest BCUT2D eigenvalue weighted by Crippen LogP contribution is 2.03. The minimum absolute atomic E-state index is 0.611. The lowest BCUT2D eigenvalue weighted by atomic mass is 10.1. The number of hydrogen-bond acceptors (Lipinski definition) is 2. The Morgan fingerprint density at radius 2 is 1.79 bits per heavy atom. The van der Waals surface area contributed by atoms with E-state index in [1.165, 1.54) is 32.1 Å². The Hall–Kier alpha value is -0.150. The van der Waals surface area contributed by atoms with Gasteiger partial charge in [0.05, 0.1) is 4.99 Å². The molecule has 0 rings (SSSR count). The van der Waals surface area contributed by atoms with E-state index in [0.29, 0.717) is 4.99 Å². The zero-order valence-electron chi connectivity index (χ0n) is 9.59. The number of rotatable bonds is 9. The fourth-order valence-corrected chi connectivity index (χ4v) is 1.69. The molecule has 0 bridgehead atoms. The first-order valence-electron chi connectivity index (χ1n) is 5.71. The van der Waals surface area contributed by atoms with Crippen LogP contribution in [0.4, 0.5) is 0 Å². The van der Waals surface area contributed by atoms with Gasteiger partial charge in [0.1, 0.15) is 0 Å². The molecule has 0 unspecified atom stereocenters. The number of hydrogen-bond donors (Lipinski definition) is 1. The Morgan fingerprint density at radius 1 is 1.14 bits per heavy atom. The van der Waals surface area contributed by atoms with Crippen molar-refractivity contribution in [3.05, 3.63) is 0 Å². The topological polar surface area (TPSA) is 29.3 Å². The second-order valence-electron chi connectivity index (χ2n) is 3.75. The Balaban J connectivity index is 3.38. The molecular formula is C11H24N2S. The number of nitrogens with zero attached hydrogens (tertiary/aromatic N) is 1. The van der Waals surface area contributed by atoms with E-state index in [-0.39, 0.29) is 0 Å². The summed E-state index contributed by atoms with van der Waals surface area (Å²) in [6, 6.07) is 0. The zero-order chi connectivity index (χ0) is 10.8. The molecule has 14 heavy (non-hydrogen) atoms. The van der Waals surface area contributed by atoms with Crippen molar-refractivity contribution in [3.8, 4) is 0 Å². The summed E-state index contributed by atoms with van der Waals surface area (Å²) in [5, 5.41) is 0. The average molecular weight is 216 g/mol. The van der Waals surface area contributed by atoms with Gasteiger partial charge in [0.25, 0.3) is 0 Å². The third-order valence-corrected chi connectivity index (χ3v) is 2.53. The van der Waals surface area contributed by atoms with E-state index < -0.39 is 0 Å². The molecule has 0 fully saturated rings. The van der Waals surface area contributed by atoms with Gasteiger partial charge < -0.3 is 5.73 Å². The van der Waals surface area contributed by atoms with Gasteiger partial charge in [-0.05, 0) is 19.5 Å². The Bertz CT molecular complexity index is 148. The van der Waals surface area contributed by atoms with Crippen LogP contribution in [0.3, 0.4) is 0 Å². The Labute approximate surface area is 93.8 Å². The first-order chi connectivity index (χ1) is 6.70. The summed E-state index contributed by atoms with van der Waals surface area (Å²) in [6.45, 7) is 7.36. The van der Waals surface area contributed by atoms with Crippen molar-refractivity contribution in [2.24, 2.45) is 5.73 Å². The molecule has 0 aliphatic rings. The highest BCUT2D eigenvalue weighted by molar-refractivity contribution is 7.80. The molecular weight excluding hydrogens is 192 g/mol. The highest BCUT2D eigenvalue weighted by Gasteiger charge is 2.02. The van der Waals surface area contributed by atoms with Crippen molar-refractivity contribution in [2.45, 2.75) is 46.0 Å². The van der Waals surface area contributed by atoms with Crippen LogP contribution in [0.15, 0.2) is 0 Å². The number of nitrogens with two attached hydrogens (primary N) is 1. The molecule has 0 aromatic carbocycles. The summed E-state index contributed by atoms with van der Waals surface area (Å²) in [4.78, 5) is 2.93. The molecule has 0 radical (unpaired) electrons. The monoisotopic (exact) mass is 216 g/mol. The standard InChI is InChI=1S/C11H24N2S/c1-3-5-6-7-8-9-13(4-2)10-11(12)14/h3-10H2,1-2H3,(H2,12,14). The van der Waals surface area contributed by atoms with Crippen LogP contribution in [0.5, 0.6) is 0 Å². The summed E-state index contributed by atoms with van der Waals surface area (Å²) in [5.74, 6) is 0. The molecule has 0 saturated heterocycles. The van der Waals surface area contributed by atoms with E-state index in [1.807, 2.05) is 0 Å². The van der Waals surface area contributed by atoms with Crippen molar-refractivity contribution in [1.82, 2.24) is 4.90 Å². The SMILES string of the molecule is CCCCCCCN(CC)CC(N)=S. The zero-order valence-corrected chi connectivity index (χ0v) is 10.4. The van der Waals surface area contributed by atoms with Crippen LogP contribution < -0.4 is 5.73 Å². The van der Waals surface area contributed by atoms with Crippen LogP contribution in [0.25, 0.3) is 0 Å². The van der Waals surface area contributed by atoms with E-state index in [2.05, 4.69) is 18.7 Å². The Kier molecular flexibility index (Phi) is 9.31. The maximum absolute atomic E-state index is 5.51. The van der Waals surface area contributed by atoms with Crippen LogP contribution in [0.1, 0.15) is 46.0 Å². The maximum Gasteiger partial charge on any atom is 0.0870 e. The fraction of sp³-hybridized carbons (Fsp3) is 0.909. The molecule has 84 valence electrons. The smallest absolute Gasteiger partial charge is 0.0870 e. The van der Waals surface area contributed by atoms with Gasteiger partial charge in [-0.2, -0.15) is 0 Å². The summed E-state index contributed by atoms with van der Waals surface area (Å²) in [7, 11) is 0. The van der Waals surface area contributed by atoms with Crippen LogP contribution in [0.2, 0.25) is 0 Å². The summed E-state index contributed by atoms with van der Waals surface area (Å²) >= 11 is 4.89.